The quantitative estimate of drug-likeness (QED) is 0.851. The molecule has 0 aromatic carbocycles. The molecule has 0 saturated carbocycles. The van der Waals surface area contributed by atoms with Gasteiger partial charge in [-0.1, -0.05) is 6.92 Å². The molecular weight excluding hydrogens is 248 g/mol. The largest absolute Gasteiger partial charge is 0.481 e. The fraction of sp³-hybridized carbons (Fsp3) is 0.929. The van der Waals surface area contributed by atoms with Gasteiger partial charge in [0.05, 0.1) is 11.5 Å². The number of carbonyl (C=O) groups is 1. The number of carboxylic acids is 1. The summed E-state index contributed by atoms with van der Waals surface area (Å²) >= 11 is 0. The van der Waals surface area contributed by atoms with Crippen molar-refractivity contribution >= 4 is 5.97 Å². The molecule has 19 heavy (non-hydrogen) atoms. The first-order chi connectivity index (χ1) is 8.67. The van der Waals surface area contributed by atoms with E-state index in [2.05, 4.69) is 0 Å². The molecule has 0 aromatic rings. The third-order valence-electron chi connectivity index (χ3n) is 4.28. The zero-order valence-electron chi connectivity index (χ0n) is 12.3. The molecule has 0 radical (unpaired) electrons. The molecule has 1 N–H and O–H groups in total. The average molecular weight is 272 g/mol. The Morgan fingerprint density at radius 3 is 2.53 bits per heavy atom. The lowest BCUT2D eigenvalue weighted by molar-refractivity contribution is -0.215. The van der Waals surface area contributed by atoms with Crippen LogP contribution in [0, 0.1) is 11.3 Å². The summed E-state index contributed by atoms with van der Waals surface area (Å²) in [5.41, 5.74) is -0.812. The highest BCUT2D eigenvalue weighted by Gasteiger charge is 2.53. The monoisotopic (exact) mass is 272 g/mol. The second kappa shape index (κ2) is 4.72. The van der Waals surface area contributed by atoms with Crippen molar-refractivity contribution in [3.05, 3.63) is 0 Å². The highest BCUT2D eigenvalue weighted by atomic mass is 16.8. The summed E-state index contributed by atoms with van der Waals surface area (Å²) in [6, 6.07) is 0. The molecule has 0 unspecified atom stereocenters. The fourth-order valence-electron chi connectivity index (χ4n) is 3.19. The molecule has 0 bridgehead atoms. The van der Waals surface area contributed by atoms with E-state index in [0.29, 0.717) is 6.42 Å². The van der Waals surface area contributed by atoms with Gasteiger partial charge in [0.15, 0.2) is 12.1 Å². The Morgan fingerprint density at radius 1 is 1.42 bits per heavy atom. The predicted octanol–water partition coefficient (Wildman–Crippen LogP) is 2.39. The van der Waals surface area contributed by atoms with E-state index in [9.17, 15) is 9.90 Å². The first-order valence-electron chi connectivity index (χ1n) is 6.92. The molecule has 0 aliphatic carbocycles. The summed E-state index contributed by atoms with van der Waals surface area (Å²) in [5.74, 6) is -1.45. The van der Waals surface area contributed by atoms with Crippen molar-refractivity contribution in [1.29, 1.82) is 0 Å². The molecule has 4 atom stereocenters. The molecule has 0 spiro atoms. The molecule has 0 amide bonds. The van der Waals surface area contributed by atoms with E-state index in [1.54, 1.807) is 13.8 Å². The van der Waals surface area contributed by atoms with Crippen molar-refractivity contribution in [3.8, 4) is 0 Å². The minimum atomic E-state index is -0.812. The van der Waals surface area contributed by atoms with Crippen LogP contribution in [0.3, 0.4) is 0 Å². The molecule has 2 aliphatic heterocycles. The molecule has 0 aromatic heterocycles. The summed E-state index contributed by atoms with van der Waals surface area (Å²) in [6.07, 6.45) is 0.885. The van der Waals surface area contributed by atoms with Crippen LogP contribution in [-0.4, -0.2) is 35.4 Å². The maximum Gasteiger partial charge on any atom is 0.309 e. The summed E-state index contributed by atoms with van der Waals surface area (Å²) in [4.78, 5) is 11.4. The van der Waals surface area contributed by atoms with Gasteiger partial charge in [0, 0.05) is 12.3 Å². The van der Waals surface area contributed by atoms with Gasteiger partial charge in [0.2, 0.25) is 0 Å². The molecule has 5 nitrogen and oxygen atoms in total. The van der Waals surface area contributed by atoms with Crippen molar-refractivity contribution < 1.29 is 24.1 Å². The molecule has 5 heteroatoms. The second-order valence-corrected chi connectivity index (χ2v) is 6.49. The summed E-state index contributed by atoms with van der Waals surface area (Å²) in [7, 11) is 0. The maximum absolute atomic E-state index is 11.4. The SMILES string of the molecule is CC[C@H]([C@@H]1C[C@H]2OC(C)(C)O[C@H]2O1)C(C)(C)C(=O)O. The van der Waals surface area contributed by atoms with Crippen LogP contribution in [0.4, 0.5) is 0 Å². The van der Waals surface area contributed by atoms with Crippen molar-refractivity contribution in [3.63, 3.8) is 0 Å². The smallest absolute Gasteiger partial charge is 0.309 e. The van der Waals surface area contributed by atoms with E-state index in [-0.39, 0.29) is 24.4 Å². The number of rotatable bonds is 4. The van der Waals surface area contributed by atoms with E-state index < -0.39 is 17.2 Å². The zero-order chi connectivity index (χ0) is 14.4. The number of ether oxygens (including phenoxy) is 3. The van der Waals surface area contributed by atoms with Gasteiger partial charge < -0.3 is 19.3 Å². The van der Waals surface area contributed by atoms with Gasteiger partial charge >= 0.3 is 5.97 Å². The maximum atomic E-state index is 11.4. The Hall–Kier alpha value is -0.650. The number of aliphatic carboxylic acids is 1. The van der Waals surface area contributed by atoms with Crippen LogP contribution in [0.25, 0.3) is 0 Å². The van der Waals surface area contributed by atoms with Crippen molar-refractivity contribution in [2.45, 2.75) is 71.7 Å². The minimum Gasteiger partial charge on any atom is -0.481 e. The highest BCUT2D eigenvalue weighted by molar-refractivity contribution is 5.74. The Bertz CT molecular complexity index is 347. The van der Waals surface area contributed by atoms with E-state index in [1.165, 1.54) is 0 Å². The lowest BCUT2D eigenvalue weighted by Crippen LogP contribution is -2.40. The Kier molecular flexibility index (Phi) is 3.66. The van der Waals surface area contributed by atoms with Gasteiger partial charge in [-0.25, -0.2) is 0 Å². The van der Waals surface area contributed by atoms with Gasteiger partial charge in [0.1, 0.15) is 6.10 Å². The van der Waals surface area contributed by atoms with Crippen molar-refractivity contribution in [2.75, 3.05) is 0 Å². The summed E-state index contributed by atoms with van der Waals surface area (Å²) < 4.78 is 17.4. The van der Waals surface area contributed by atoms with Gasteiger partial charge in [0.25, 0.3) is 0 Å². The predicted molar refractivity (Wildman–Crippen MR) is 68.5 cm³/mol. The molecular formula is C14H24O5. The fourth-order valence-corrected chi connectivity index (χ4v) is 3.19. The van der Waals surface area contributed by atoms with Crippen LogP contribution in [0.15, 0.2) is 0 Å². The molecule has 2 saturated heterocycles. The van der Waals surface area contributed by atoms with Crippen LogP contribution < -0.4 is 0 Å². The molecule has 110 valence electrons. The minimum absolute atomic E-state index is 0.0501. The number of carboxylic acid groups (broad SMARTS) is 1. The van der Waals surface area contributed by atoms with Crippen LogP contribution in [0.2, 0.25) is 0 Å². The van der Waals surface area contributed by atoms with Crippen molar-refractivity contribution in [1.82, 2.24) is 0 Å². The first kappa shape index (κ1) is 14.8. The Morgan fingerprint density at radius 2 is 2.05 bits per heavy atom. The lowest BCUT2D eigenvalue weighted by atomic mass is 9.73. The third kappa shape index (κ3) is 2.64. The van der Waals surface area contributed by atoms with E-state index in [0.717, 1.165) is 6.42 Å². The van der Waals surface area contributed by atoms with Crippen molar-refractivity contribution in [2.24, 2.45) is 11.3 Å². The summed E-state index contributed by atoms with van der Waals surface area (Å²) in [6.45, 7) is 9.24. The van der Waals surface area contributed by atoms with Gasteiger partial charge in [-0.3, -0.25) is 4.79 Å². The normalized spacial score (nSPS) is 35.1. The molecule has 2 aliphatic rings. The van der Waals surface area contributed by atoms with E-state index in [1.807, 2.05) is 20.8 Å². The molecule has 2 fully saturated rings. The van der Waals surface area contributed by atoms with Crippen LogP contribution in [0.5, 0.6) is 0 Å². The average Bonchev–Trinajstić information content (AvgIpc) is 2.71. The lowest BCUT2D eigenvalue weighted by Gasteiger charge is -2.34. The number of fused-ring (bicyclic) bond motifs is 1. The summed E-state index contributed by atoms with van der Waals surface area (Å²) in [5, 5.41) is 9.37. The standard InChI is InChI=1S/C14H24O5/c1-6-8(13(2,3)12(15)16)9-7-10-11(17-9)19-14(4,5)18-10/h8-11H,6-7H2,1-5H3,(H,15,16)/t8-,9+,10-,11-/m1/s1. The first-order valence-corrected chi connectivity index (χ1v) is 6.92. The highest BCUT2D eigenvalue weighted by Crippen LogP contribution is 2.44. The Balaban J connectivity index is 2.07. The van der Waals surface area contributed by atoms with Crippen LogP contribution in [-0.2, 0) is 19.0 Å². The van der Waals surface area contributed by atoms with Gasteiger partial charge in [-0.15, -0.1) is 0 Å². The van der Waals surface area contributed by atoms with E-state index >= 15 is 0 Å². The topological polar surface area (TPSA) is 65.0 Å². The van der Waals surface area contributed by atoms with Gasteiger partial charge in [-0.2, -0.15) is 0 Å². The third-order valence-corrected chi connectivity index (χ3v) is 4.28. The number of hydrogen-bond donors (Lipinski definition) is 1. The Labute approximate surface area is 114 Å². The zero-order valence-corrected chi connectivity index (χ0v) is 12.3. The second-order valence-electron chi connectivity index (χ2n) is 6.49. The van der Waals surface area contributed by atoms with Gasteiger partial charge in [-0.05, 0) is 34.1 Å². The number of hydrogen-bond acceptors (Lipinski definition) is 4. The van der Waals surface area contributed by atoms with Crippen LogP contribution in [0.1, 0.15) is 47.5 Å². The molecule has 2 heterocycles. The van der Waals surface area contributed by atoms with Crippen LogP contribution >= 0.6 is 0 Å². The molecule has 2 rings (SSSR count). The van der Waals surface area contributed by atoms with E-state index in [4.69, 9.17) is 14.2 Å².